The van der Waals surface area contributed by atoms with E-state index in [0.29, 0.717) is 42.8 Å². The minimum atomic E-state index is -4.08. The van der Waals surface area contributed by atoms with Crippen LogP contribution < -0.4 is 14.4 Å². The number of carbonyl (C=O) groups excluding carboxylic acids is 1. The highest BCUT2D eigenvalue weighted by atomic mass is 35.5. The van der Waals surface area contributed by atoms with Crippen LogP contribution in [-0.4, -0.2) is 127 Å². The number of ether oxygens (including phenoxy) is 4. The zero-order valence-electron chi connectivity index (χ0n) is 33.7. The van der Waals surface area contributed by atoms with Crippen molar-refractivity contribution in [2.75, 3.05) is 91.4 Å². The molecule has 57 heavy (non-hydrogen) atoms. The summed E-state index contributed by atoms with van der Waals surface area (Å²) < 4.78 is 55.7. The standard InChI is InChI=1S/C44H59ClN4O7S/c1-30-6-4-14-44(54-3,28-47-15-16-48-17-19-55-25-35(48)24-47)40-33-22-43(40,23-33)27-49-26-42(13-5-7-31-20-34(45)9-10-36(31)42)29-56-38-11-8-32(21-37(38)49)41(50)46-57(51,52)39(30)12-18-53-2/h4,8-11,14,20-21,30,33,35,39-40H,5-7,12-13,15-19,22-29H2,1-3H3,(H,46,50)/b14-4+/t30-,33?,35-,39+,40+,42-,43?,44-/m0/s1. The quantitative estimate of drug-likeness (QED) is 0.386. The van der Waals surface area contributed by atoms with Gasteiger partial charge in [-0.1, -0.05) is 36.7 Å². The van der Waals surface area contributed by atoms with Gasteiger partial charge in [0.15, 0.2) is 0 Å². The number of hydrogen-bond acceptors (Lipinski definition) is 10. The summed E-state index contributed by atoms with van der Waals surface area (Å²) in [4.78, 5) is 21.6. The number of allylic oxidation sites excluding steroid dienone is 1. The molecule has 13 heteroatoms. The number of sulfonamides is 1. The highest BCUT2D eigenvalue weighted by Gasteiger charge is 2.71. The molecule has 5 fully saturated rings. The van der Waals surface area contributed by atoms with Crippen molar-refractivity contribution in [3.05, 3.63) is 70.3 Å². The van der Waals surface area contributed by atoms with E-state index in [0.717, 1.165) is 95.3 Å². The number of aryl methyl sites for hydroxylation is 1. The molecule has 0 aromatic heterocycles. The fourth-order valence-electron chi connectivity index (χ4n) is 12.1. The Balaban J connectivity index is 1.13. The Bertz CT molecular complexity index is 1990. The molecule has 2 spiro atoms. The van der Waals surface area contributed by atoms with Crippen molar-refractivity contribution in [2.45, 2.75) is 74.2 Å². The van der Waals surface area contributed by atoms with Gasteiger partial charge >= 0.3 is 0 Å². The molecule has 2 saturated heterocycles. The van der Waals surface area contributed by atoms with Crippen LogP contribution in [0.15, 0.2) is 48.6 Å². The minimum absolute atomic E-state index is 0.00757. The Labute approximate surface area is 343 Å². The van der Waals surface area contributed by atoms with Crippen LogP contribution in [0, 0.1) is 23.2 Å². The first kappa shape index (κ1) is 39.7. The lowest BCUT2D eigenvalue weighted by atomic mass is 9.34. The highest BCUT2D eigenvalue weighted by Crippen LogP contribution is 2.73. The molecule has 0 radical (unpaired) electrons. The molecule has 4 aliphatic carbocycles. The Morgan fingerprint density at radius 3 is 2.72 bits per heavy atom. The van der Waals surface area contributed by atoms with Crippen molar-refractivity contribution >= 4 is 33.2 Å². The second-order valence-corrected chi connectivity index (χ2v) is 20.7. The number of nitrogens with one attached hydrogen (secondary N) is 1. The van der Waals surface area contributed by atoms with Gasteiger partial charge in [-0.3, -0.25) is 14.6 Å². The lowest BCUT2D eigenvalue weighted by molar-refractivity contribution is -0.261. The van der Waals surface area contributed by atoms with E-state index < -0.39 is 26.8 Å². The van der Waals surface area contributed by atoms with E-state index in [1.807, 2.05) is 32.2 Å². The smallest absolute Gasteiger partial charge is 0.264 e. The summed E-state index contributed by atoms with van der Waals surface area (Å²) in [6.45, 7) is 10.4. The Morgan fingerprint density at radius 1 is 1.07 bits per heavy atom. The molecule has 4 bridgehead atoms. The number of piperazine rings is 1. The molecule has 0 unspecified atom stereocenters. The molecule has 4 heterocycles. The first-order valence-corrected chi connectivity index (χ1v) is 23.0. The van der Waals surface area contributed by atoms with Crippen molar-refractivity contribution in [1.82, 2.24) is 14.5 Å². The summed E-state index contributed by atoms with van der Waals surface area (Å²) in [6.07, 6.45) is 10.5. The third kappa shape index (κ3) is 7.12. The topological polar surface area (TPSA) is 110 Å². The molecular weight excluding hydrogens is 764 g/mol. The molecule has 1 amide bonds. The number of fused-ring (bicyclic) bond motifs is 4. The number of hydrogen-bond donors (Lipinski definition) is 1. The van der Waals surface area contributed by atoms with Gasteiger partial charge in [0.05, 0.1) is 30.8 Å². The normalized spacial score (nSPS) is 36.9. The fraction of sp³-hybridized carbons (Fsp3) is 0.659. The van der Waals surface area contributed by atoms with Gasteiger partial charge in [-0.25, -0.2) is 13.1 Å². The molecule has 10 rings (SSSR count). The number of anilines is 1. The first-order valence-electron chi connectivity index (χ1n) is 21.1. The summed E-state index contributed by atoms with van der Waals surface area (Å²) in [7, 11) is -0.626. The average molecular weight is 823 g/mol. The number of rotatable bonds is 6. The second-order valence-electron chi connectivity index (χ2n) is 18.3. The fourth-order valence-corrected chi connectivity index (χ4v) is 14.0. The Morgan fingerprint density at radius 2 is 1.93 bits per heavy atom. The van der Waals surface area contributed by atoms with Crippen LogP contribution in [-0.2, 0) is 36.1 Å². The maximum Gasteiger partial charge on any atom is 0.264 e. The molecule has 6 atom stereocenters. The molecule has 1 N–H and O–H groups in total. The van der Waals surface area contributed by atoms with E-state index in [4.69, 9.17) is 30.5 Å². The SMILES string of the molecule is COCC[C@@H]1[C@@H](C)C/C=C/[C@@](CN2CCN3CCOC[C@@H]3C2)(OC)[C@@H]2C3CC2(C3)CN2C[C@@]3(CCCc4cc(Cl)ccc43)COc3ccc(cc32)C(=O)NS1(=O)=O. The van der Waals surface area contributed by atoms with Gasteiger partial charge in [0.1, 0.15) is 11.4 Å². The molecular formula is C44H59ClN4O7S. The van der Waals surface area contributed by atoms with Crippen molar-refractivity contribution < 1.29 is 32.2 Å². The number of nitrogens with zero attached hydrogens (tertiary/aromatic N) is 3. The summed E-state index contributed by atoms with van der Waals surface area (Å²) >= 11 is 6.55. The van der Waals surface area contributed by atoms with E-state index >= 15 is 0 Å². The van der Waals surface area contributed by atoms with E-state index in [-0.39, 0.29) is 35.7 Å². The van der Waals surface area contributed by atoms with Crippen molar-refractivity contribution in [2.24, 2.45) is 23.2 Å². The van der Waals surface area contributed by atoms with E-state index in [9.17, 15) is 13.2 Å². The molecule has 2 aromatic carbocycles. The maximum absolute atomic E-state index is 14.1. The maximum atomic E-state index is 14.1. The zero-order chi connectivity index (χ0) is 39.6. The number of amides is 1. The monoisotopic (exact) mass is 822 g/mol. The summed E-state index contributed by atoms with van der Waals surface area (Å²) in [6, 6.07) is 12.1. The van der Waals surface area contributed by atoms with Gasteiger partial charge in [-0.2, -0.15) is 0 Å². The number of morpholine rings is 1. The number of benzene rings is 2. The van der Waals surface area contributed by atoms with Crippen molar-refractivity contribution in [3.8, 4) is 5.75 Å². The predicted molar refractivity (Wildman–Crippen MR) is 221 cm³/mol. The van der Waals surface area contributed by atoms with Crippen LogP contribution in [0.1, 0.15) is 66.9 Å². The number of methoxy groups -OCH3 is 2. The molecule has 3 saturated carbocycles. The van der Waals surface area contributed by atoms with E-state index in [2.05, 4.69) is 43.7 Å². The highest BCUT2D eigenvalue weighted by molar-refractivity contribution is 7.90. The third-order valence-corrected chi connectivity index (χ3v) is 17.2. The second kappa shape index (κ2) is 15.4. The predicted octanol–water partition coefficient (Wildman–Crippen LogP) is 5.30. The van der Waals surface area contributed by atoms with Crippen LogP contribution in [0.5, 0.6) is 5.75 Å². The van der Waals surface area contributed by atoms with Gasteiger partial charge in [0.2, 0.25) is 10.0 Å². The molecule has 310 valence electrons. The van der Waals surface area contributed by atoms with Gasteiger partial charge in [-0.05, 0) is 104 Å². The summed E-state index contributed by atoms with van der Waals surface area (Å²) in [5.41, 5.74) is 2.84. The first-order chi connectivity index (χ1) is 27.5. The third-order valence-electron chi connectivity index (χ3n) is 15.0. The molecule has 4 aliphatic heterocycles. The van der Waals surface area contributed by atoms with Crippen LogP contribution in [0.4, 0.5) is 5.69 Å². The molecule has 11 nitrogen and oxygen atoms in total. The van der Waals surface area contributed by atoms with Gasteiger partial charge in [0.25, 0.3) is 5.91 Å². The Kier molecular flexibility index (Phi) is 10.7. The van der Waals surface area contributed by atoms with Gasteiger partial charge < -0.3 is 23.8 Å². The van der Waals surface area contributed by atoms with Crippen molar-refractivity contribution in [3.63, 3.8) is 0 Å². The zero-order valence-corrected chi connectivity index (χ0v) is 35.3. The van der Waals surface area contributed by atoms with E-state index in [1.54, 1.807) is 13.2 Å². The molecule has 2 aromatic rings. The van der Waals surface area contributed by atoms with E-state index in [1.165, 1.54) is 11.1 Å². The summed E-state index contributed by atoms with van der Waals surface area (Å²) in [5, 5.41) is -0.0877. The van der Waals surface area contributed by atoms with Crippen LogP contribution >= 0.6 is 11.6 Å². The van der Waals surface area contributed by atoms with Crippen molar-refractivity contribution in [1.29, 1.82) is 0 Å². The number of carbonyl (C=O) groups is 1. The lowest BCUT2D eigenvalue weighted by Crippen LogP contribution is -2.75. The van der Waals surface area contributed by atoms with Crippen LogP contribution in [0.3, 0.4) is 0 Å². The average Bonchev–Trinajstić information content (AvgIpc) is 3.32. The lowest BCUT2D eigenvalue weighted by Gasteiger charge is -2.74. The molecule has 8 aliphatic rings. The summed E-state index contributed by atoms with van der Waals surface area (Å²) in [5.74, 6) is 0.616. The van der Waals surface area contributed by atoms with Crippen LogP contribution in [0.25, 0.3) is 0 Å². The van der Waals surface area contributed by atoms with Gasteiger partial charge in [0, 0.05) is 94.6 Å². The van der Waals surface area contributed by atoms with Crippen LogP contribution in [0.2, 0.25) is 5.02 Å². The largest absolute Gasteiger partial charge is 0.490 e. The Hall–Kier alpha value is -2.71. The minimum Gasteiger partial charge on any atom is -0.490 e. The van der Waals surface area contributed by atoms with Gasteiger partial charge in [-0.15, -0.1) is 0 Å². The number of halogens is 1.